The third-order valence-corrected chi connectivity index (χ3v) is 2.75. The SMILES string of the molecule is CC(NC(=O)c1cnccc1NN)c1cccnc1. The van der Waals surface area contributed by atoms with Crippen molar-refractivity contribution in [2.75, 3.05) is 5.43 Å². The van der Waals surface area contributed by atoms with Crippen molar-refractivity contribution < 1.29 is 4.79 Å². The molecule has 1 atom stereocenters. The Morgan fingerprint density at radius 2 is 2.05 bits per heavy atom. The summed E-state index contributed by atoms with van der Waals surface area (Å²) in [5.74, 6) is 5.12. The van der Waals surface area contributed by atoms with Crippen LogP contribution in [-0.4, -0.2) is 15.9 Å². The van der Waals surface area contributed by atoms with E-state index in [1.807, 2.05) is 19.1 Å². The summed E-state index contributed by atoms with van der Waals surface area (Å²) in [4.78, 5) is 20.1. The van der Waals surface area contributed by atoms with Crippen LogP contribution in [0.15, 0.2) is 43.0 Å². The van der Waals surface area contributed by atoms with Crippen molar-refractivity contribution in [3.05, 3.63) is 54.1 Å². The Balaban J connectivity index is 2.13. The van der Waals surface area contributed by atoms with Crippen LogP contribution in [0.25, 0.3) is 0 Å². The zero-order valence-corrected chi connectivity index (χ0v) is 10.5. The van der Waals surface area contributed by atoms with Gasteiger partial charge in [0.1, 0.15) is 0 Å². The largest absolute Gasteiger partial charge is 0.345 e. The molecule has 6 heteroatoms. The van der Waals surface area contributed by atoms with E-state index in [9.17, 15) is 4.79 Å². The molecule has 1 unspecified atom stereocenters. The van der Waals surface area contributed by atoms with Crippen LogP contribution in [0.1, 0.15) is 28.9 Å². The Kier molecular flexibility index (Phi) is 4.04. The van der Waals surface area contributed by atoms with Crippen molar-refractivity contribution in [1.29, 1.82) is 0 Å². The molecule has 0 bridgehead atoms. The number of nitrogens with zero attached hydrogens (tertiary/aromatic N) is 2. The third-order valence-electron chi connectivity index (χ3n) is 2.75. The number of carbonyl (C=O) groups excluding carboxylic acids is 1. The van der Waals surface area contributed by atoms with E-state index in [1.54, 1.807) is 24.7 Å². The van der Waals surface area contributed by atoms with E-state index in [4.69, 9.17) is 5.84 Å². The predicted molar refractivity (Wildman–Crippen MR) is 72.2 cm³/mol. The van der Waals surface area contributed by atoms with Gasteiger partial charge in [-0.2, -0.15) is 0 Å². The molecule has 98 valence electrons. The maximum Gasteiger partial charge on any atom is 0.255 e. The van der Waals surface area contributed by atoms with Crippen molar-refractivity contribution in [2.45, 2.75) is 13.0 Å². The Morgan fingerprint density at radius 1 is 1.26 bits per heavy atom. The Morgan fingerprint density at radius 3 is 2.74 bits per heavy atom. The molecule has 6 nitrogen and oxygen atoms in total. The summed E-state index contributed by atoms with van der Waals surface area (Å²) in [6.45, 7) is 1.89. The van der Waals surface area contributed by atoms with Gasteiger partial charge in [0.2, 0.25) is 0 Å². The molecule has 4 N–H and O–H groups in total. The van der Waals surface area contributed by atoms with Crippen LogP contribution < -0.4 is 16.6 Å². The highest BCUT2D eigenvalue weighted by Crippen LogP contribution is 2.15. The number of nitrogens with one attached hydrogen (secondary N) is 2. The standard InChI is InChI=1S/C13H15N5O/c1-9(10-3-2-5-15-7-10)17-13(19)11-8-16-6-4-12(11)18-14/h2-9H,14H2,1H3,(H,16,18)(H,17,19). The van der Waals surface area contributed by atoms with Crippen LogP contribution in [0, 0.1) is 0 Å². The number of pyridine rings is 2. The van der Waals surface area contributed by atoms with Gasteiger partial charge in [-0.3, -0.25) is 20.6 Å². The van der Waals surface area contributed by atoms with E-state index >= 15 is 0 Å². The maximum atomic E-state index is 12.1. The molecule has 1 amide bonds. The molecule has 0 aromatic carbocycles. The number of nitrogens with two attached hydrogens (primary N) is 1. The second kappa shape index (κ2) is 5.92. The van der Waals surface area contributed by atoms with Gasteiger partial charge in [-0.25, -0.2) is 0 Å². The van der Waals surface area contributed by atoms with Gasteiger partial charge in [-0.1, -0.05) is 6.07 Å². The van der Waals surface area contributed by atoms with E-state index in [0.29, 0.717) is 11.3 Å². The lowest BCUT2D eigenvalue weighted by molar-refractivity contribution is 0.0940. The lowest BCUT2D eigenvalue weighted by Gasteiger charge is -2.15. The molecule has 0 spiro atoms. The van der Waals surface area contributed by atoms with Crippen molar-refractivity contribution in [1.82, 2.24) is 15.3 Å². The molecule has 0 fully saturated rings. The van der Waals surface area contributed by atoms with Crippen molar-refractivity contribution in [3.8, 4) is 0 Å². The van der Waals surface area contributed by atoms with E-state index in [2.05, 4.69) is 20.7 Å². The first-order chi connectivity index (χ1) is 9.22. The van der Waals surface area contributed by atoms with Gasteiger partial charge >= 0.3 is 0 Å². The first-order valence-corrected chi connectivity index (χ1v) is 5.83. The van der Waals surface area contributed by atoms with Crippen LogP contribution in [-0.2, 0) is 0 Å². The number of aromatic nitrogens is 2. The molecule has 2 aromatic heterocycles. The number of hydrogen-bond acceptors (Lipinski definition) is 5. The molecule has 2 heterocycles. The fourth-order valence-electron chi connectivity index (χ4n) is 1.69. The van der Waals surface area contributed by atoms with Gasteiger partial charge in [-0.15, -0.1) is 0 Å². The fourth-order valence-corrected chi connectivity index (χ4v) is 1.69. The second-order valence-electron chi connectivity index (χ2n) is 4.05. The van der Waals surface area contributed by atoms with Crippen molar-refractivity contribution >= 4 is 11.6 Å². The quantitative estimate of drug-likeness (QED) is 0.566. The Labute approximate surface area is 111 Å². The van der Waals surface area contributed by atoms with Crippen LogP contribution in [0.3, 0.4) is 0 Å². The summed E-state index contributed by atoms with van der Waals surface area (Å²) in [5.41, 5.74) is 4.35. The van der Waals surface area contributed by atoms with Gasteiger partial charge in [0.15, 0.2) is 0 Å². The molecule has 2 rings (SSSR count). The lowest BCUT2D eigenvalue weighted by Crippen LogP contribution is -2.28. The summed E-state index contributed by atoms with van der Waals surface area (Å²) < 4.78 is 0. The number of nitrogen functional groups attached to an aromatic ring is 1. The highest BCUT2D eigenvalue weighted by Gasteiger charge is 2.14. The van der Waals surface area contributed by atoms with E-state index in [1.165, 1.54) is 6.20 Å². The normalized spacial score (nSPS) is 11.7. The molecular weight excluding hydrogens is 242 g/mol. The summed E-state index contributed by atoms with van der Waals surface area (Å²) in [6.07, 6.45) is 6.45. The predicted octanol–water partition coefficient (Wildman–Crippen LogP) is 1.25. The van der Waals surface area contributed by atoms with Crippen molar-refractivity contribution in [3.63, 3.8) is 0 Å². The monoisotopic (exact) mass is 257 g/mol. The molecule has 0 aliphatic carbocycles. The maximum absolute atomic E-state index is 12.1. The summed E-state index contributed by atoms with van der Waals surface area (Å²) in [7, 11) is 0. The zero-order chi connectivity index (χ0) is 13.7. The molecular formula is C13H15N5O. The minimum atomic E-state index is -0.239. The van der Waals surface area contributed by atoms with Gasteiger partial charge in [-0.05, 0) is 24.6 Å². The summed E-state index contributed by atoms with van der Waals surface area (Å²) in [5, 5.41) is 2.87. The average molecular weight is 257 g/mol. The fraction of sp³-hybridized carbons (Fsp3) is 0.154. The number of anilines is 1. The highest BCUT2D eigenvalue weighted by atomic mass is 16.1. The van der Waals surface area contributed by atoms with Gasteiger partial charge in [0.25, 0.3) is 5.91 Å². The first-order valence-electron chi connectivity index (χ1n) is 5.83. The van der Waals surface area contributed by atoms with Crippen molar-refractivity contribution in [2.24, 2.45) is 5.84 Å². The Hall–Kier alpha value is -2.47. The lowest BCUT2D eigenvalue weighted by atomic mass is 10.1. The molecule has 2 aromatic rings. The molecule has 0 saturated carbocycles. The van der Waals surface area contributed by atoms with Gasteiger partial charge in [0, 0.05) is 24.8 Å². The minimum Gasteiger partial charge on any atom is -0.345 e. The smallest absolute Gasteiger partial charge is 0.255 e. The number of hydrazine groups is 1. The average Bonchev–Trinajstić information content (AvgIpc) is 2.48. The van der Waals surface area contributed by atoms with E-state index in [0.717, 1.165) is 5.56 Å². The summed E-state index contributed by atoms with van der Waals surface area (Å²) >= 11 is 0. The Bertz CT molecular complexity index is 558. The van der Waals surface area contributed by atoms with Crippen LogP contribution >= 0.6 is 0 Å². The zero-order valence-electron chi connectivity index (χ0n) is 10.5. The third kappa shape index (κ3) is 3.05. The van der Waals surface area contributed by atoms with Crippen LogP contribution in [0.2, 0.25) is 0 Å². The number of amides is 1. The minimum absolute atomic E-state index is 0.146. The number of hydrogen-bond donors (Lipinski definition) is 3. The molecule has 19 heavy (non-hydrogen) atoms. The van der Waals surface area contributed by atoms with Crippen LogP contribution in [0.4, 0.5) is 5.69 Å². The molecule has 0 radical (unpaired) electrons. The first kappa shape index (κ1) is 13.0. The molecule has 0 saturated heterocycles. The topological polar surface area (TPSA) is 92.9 Å². The summed E-state index contributed by atoms with van der Waals surface area (Å²) in [6, 6.07) is 5.23. The van der Waals surface area contributed by atoms with Gasteiger partial charge in [0.05, 0.1) is 17.3 Å². The van der Waals surface area contributed by atoms with Crippen LogP contribution in [0.5, 0.6) is 0 Å². The van der Waals surface area contributed by atoms with E-state index < -0.39 is 0 Å². The molecule has 0 aliphatic heterocycles. The highest BCUT2D eigenvalue weighted by molar-refractivity contribution is 5.99. The number of rotatable bonds is 4. The van der Waals surface area contributed by atoms with Gasteiger partial charge < -0.3 is 10.7 Å². The van der Waals surface area contributed by atoms with E-state index in [-0.39, 0.29) is 11.9 Å². The molecule has 0 aliphatic rings. The number of carbonyl (C=O) groups is 1. The second-order valence-corrected chi connectivity index (χ2v) is 4.05.